The quantitative estimate of drug-likeness (QED) is 0.467. The first-order valence-corrected chi connectivity index (χ1v) is 13.0. The summed E-state index contributed by atoms with van der Waals surface area (Å²) < 4.78 is 29.4. The van der Waals surface area contributed by atoms with Gasteiger partial charge in [0.2, 0.25) is 15.9 Å². The molecule has 7 nitrogen and oxygen atoms in total. The number of carbonyl (C=O) groups is 1. The fourth-order valence-corrected chi connectivity index (χ4v) is 5.67. The van der Waals surface area contributed by atoms with E-state index in [1.54, 1.807) is 12.1 Å². The van der Waals surface area contributed by atoms with Crippen LogP contribution in [0.2, 0.25) is 0 Å². The van der Waals surface area contributed by atoms with Crippen molar-refractivity contribution in [3.63, 3.8) is 0 Å². The molecule has 0 aliphatic heterocycles. The Kier molecular flexibility index (Phi) is 7.92. The number of aryl methyl sites for hydroxylation is 4. The smallest absolute Gasteiger partial charge is 0.243 e. The van der Waals surface area contributed by atoms with Crippen molar-refractivity contribution in [2.45, 2.75) is 65.3 Å². The normalized spacial score (nSPS) is 11.9. The van der Waals surface area contributed by atoms with E-state index >= 15 is 0 Å². The molecule has 8 heteroatoms. The Hall–Kier alpha value is -2.71. The van der Waals surface area contributed by atoms with Crippen molar-refractivity contribution in [3.8, 4) is 0 Å². The van der Waals surface area contributed by atoms with Gasteiger partial charge in [0, 0.05) is 38.2 Å². The van der Waals surface area contributed by atoms with Gasteiger partial charge in [0.1, 0.15) is 5.82 Å². The lowest BCUT2D eigenvalue weighted by Gasteiger charge is -2.18. The molecule has 0 aliphatic rings. The number of nitrogens with zero attached hydrogens (tertiary/aromatic N) is 3. The summed E-state index contributed by atoms with van der Waals surface area (Å²) in [6.45, 7) is 11.3. The fourth-order valence-electron chi connectivity index (χ4n) is 4.19. The minimum atomic E-state index is -3.56. The first-order chi connectivity index (χ1) is 15.7. The van der Waals surface area contributed by atoms with Crippen molar-refractivity contribution in [1.82, 2.24) is 13.9 Å². The molecule has 0 saturated carbocycles. The van der Waals surface area contributed by atoms with Crippen LogP contribution in [0.1, 0.15) is 50.6 Å². The Morgan fingerprint density at radius 2 is 1.70 bits per heavy atom. The van der Waals surface area contributed by atoms with Crippen molar-refractivity contribution in [1.29, 1.82) is 0 Å². The molecule has 0 bridgehead atoms. The van der Waals surface area contributed by atoms with Crippen LogP contribution in [-0.4, -0.2) is 41.3 Å². The summed E-state index contributed by atoms with van der Waals surface area (Å²) in [4.78, 5) is 17.6. The van der Waals surface area contributed by atoms with Gasteiger partial charge in [0.25, 0.3) is 0 Å². The summed E-state index contributed by atoms with van der Waals surface area (Å²) in [5.74, 6) is 0.722. The zero-order valence-corrected chi connectivity index (χ0v) is 21.0. The van der Waals surface area contributed by atoms with Gasteiger partial charge in [0.15, 0.2) is 0 Å². The van der Waals surface area contributed by atoms with Crippen LogP contribution in [0.25, 0.3) is 11.0 Å². The number of fused-ring (bicyclic) bond motifs is 1. The Morgan fingerprint density at radius 1 is 1.03 bits per heavy atom. The maximum absolute atomic E-state index is 12.9. The molecule has 3 aromatic rings. The minimum absolute atomic E-state index is 0.0695. The maximum Gasteiger partial charge on any atom is 0.243 e. The lowest BCUT2D eigenvalue weighted by atomic mass is 10.1. The van der Waals surface area contributed by atoms with Gasteiger partial charge in [-0.1, -0.05) is 26.8 Å². The fraction of sp³-hybridized carbons (Fsp3) is 0.440. The van der Waals surface area contributed by atoms with Crippen LogP contribution < -0.4 is 5.32 Å². The van der Waals surface area contributed by atoms with Gasteiger partial charge in [-0.25, -0.2) is 13.4 Å². The summed E-state index contributed by atoms with van der Waals surface area (Å²) in [5.41, 5.74) is 4.53. The van der Waals surface area contributed by atoms with Crippen molar-refractivity contribution < 1.29 is 13.2 Å². The third-order valence-electron chi connectivity index (χ3n) is 5.67. The minimum Gasteiger partial charge on any atom is -0.328 e. The molecule has 0 fully saturated rings. The van der Waals surface area contributed by atoms with Crippen LogP contribution in [0, 0.1) is 13.8 Å². The highest BCUT2D eigenvalue weighted by atomic mass is 32.2. The predicted octanol–water partition coefficient (Wildman–Crippen LogP) is 4.66. The molecule has 33 heavy (non-hydrogen) atoms. The Morgan fingerprint density at radius 3 is 2.30 bits per heavy atom. The molecule has 178 valence electrons. The van der Waals surface area contributed by atoms with E-state index in [1.165, 1.54) is 4.31 Å². The second-order valence-electron chi connectivity index (χ2n) is 8.34. The number of rotatable bonds is 10. The average Bonchev–Trinajstić information content (AvgIpc) is 3.09. The number of aromatic nitrogens is 2. The lowest BCUT2D eigenvalue weighted by Crippen LogP contribution is -2.30. The number of hydrogen-bond acceptors (Lipinski definition) is 4. The molecule has 0 saturated heterocycles. The van der Waals surface area contributed by atoms with Crippen LogP contribution in [0.3, 0.4) is 0 Å². The zero-order valence-electron chi connectivity index (χ0n) is 20.2. The molecular formula is C25H34N4O3S. The summed E-state index contributed by atoms with van der Waals surface area (Å²) in [5, 5.41) is 2.97. The third kappa shape index (κ3) is 5.62. The molecule has 0 spiro atoms. The van der Waals surface area contributed by atoms with Crippen molar-refractivity contribution in [3.05, 3.63) is 53.3 Å². The van der Waals surface area contributed by atoms with E-state index in [4.69, 9.17) is 4.98 Å². The highest BCUT2D eigenvalue weighted by molar-refractivity contribution is 7.89. The van der Waals surface area contributed by atoms with Crippen LogP contribution in [0.15, 0.2) is 41.3 Å². The number of carbonyl (C=O) groups excluding carboxylic acids is 1. The summed E-state index contributed by atoms with van der Waals surface area (Å²) in [6.07, 6.45) is 1.68. The van der Waals surface area contributed by atoms with E-state index in [0.717, 1.165) is 41.1 Å². The molecule has 0 unspecified atom stereocenters. The molecule has 1 heterocycles. The SMILES string of the molecule is CCCn1c(CCC(=O)Nc2cc(C)cc(C)c2)nc2cc(S(=O)(=O)N(CC)CC)ccc21. The van der Waals surface area contributed by atoms with Crippen molar-refractivity contribution in [2.24, 2.45) is 0 Å². The highest BCUT2D eigenvalue weighted by Crippen LogP contribution is 2.24. The number of benzene rings is 2. The van der Waals surface area contributed by atoms with Gasteiger partial charge >= 0.3 is 0 Å². The average molecular weight is 471 g/mol. The monoisotopic (exact) mass is 470 g/mol. The number of nitrogens with one attached hydrogen (secondary N) is 1. The van der Waals surface area contributed by atoms with Crippen LogP contribution in [0.5, 0.6) is 0 Å². The summed E-state index contributed by atoms with van der Waals surface area (Å²) in [6, 6.07) is 11.1. The maximum atomic E-state index is 12.9. The topological polar surface area (TPSA) is 84.3 Å². The first kappa shape index (κ1) is 24.9. The second-order valence-corrected chi connectivity index (χ2v) is 10.3. The van der Waals surface area contributed by atoms with Crippen molar-refractivity contribution in [2.75, 3.05) is 18.4 Å². The standard InChI is InChI=1S/C25H34N4O3S/c1-6-13-29-23-10-9-21(33(31,32)28(7-2)8-3)17-22(23)27-24(29)11-12-25(30)26-20-15-18(4)14-19(5)16-20/h9-10,14-17H,6-8,11-13H2,1-5H3,(H,26,30). The van der Waals surface area contributed by atoms with E-state index in [0.29, 0.717) is 31.4 Å². The molecule has 0 radical (unpaired) electrons. The van der Waals surface area contributed by atoms with E-state index in [-0.39, 0.29) is 10.8 Å². The second kappa shape index (κ2) is 10.5. The van der Waals surface area contributed by atoms with Crippen LogP contribution >= 0.6 is 0 Å². The molecule has 1 N–H and O–H groups in total. The van der Waals surface area contributed by atoms with Gasteiger partial charge in [0.05, 0.1) is 15.9 Å². The largest absolute Gasteiger partial charge is 0.328 e. The molecule has 1 aromatic heterocycles. The number of anilines is 1. The molecular weight excluding hydrogens is 436 g/mol. The Bertz CT molecular complexity index is 1220. The Labute approximate surface area is 196 Å². The first-order valence-electron chi connectivity index (χ1n) is 11.6. The van der Waals surface area contributed by atoms with E-state index in [2.05, 4.69) is 22.9 Å². The van der Waals surface area contributed by atoms with Gasteiger partial charge in [-0.2, -0.15) is 4.31 Å². The predicted molar refractivity (Wildman–Crippen MR) is 133 cm³/mol. The number of sulfonamides is 1. The summed E-state index contributed by atoms with van der Waals surface area (Å²) >= 11 is 0. The highest BCUT2D eigenvalue weighted by Gasteiger charge is 2.23. The number of hydrogen-bond donors (Lipinski definition) is 1. The molecule has 3 rings (SSSR count). The molecule has 1 amide bonds. The third-order valence-corrected chi connectivity index (χ3v) is 7.72. The molecule has 0 aliphatic carbocycles. The van der Waals surface area contributed by atoms with Gasteiger partial charge in [-0.3, -0.25) is 4.79 Å². The van der Waals surface area contributed by atoms with Crippen molar-refractivity contribution >= 4 is 32.7 Å². The van der Waals surface area contributed by atoms with E-state index in [9.17, 15) is 13.2 Å². The number of imidazole rings is 1. The van der Waals surface area contributed by atoms with E-state index < -0.39 is 10.0 Å². The Balaban J connectivity index is 1.84. The van der Waals surface area contributed by atoms with E-state index in [1.807, 2.05) is 45.9 Å². The van der Waals surface area contributed by atoms with Gasteiger partial charge in [-0.05, 0) is 61.7 Å². The number of amides is 1. The van der Waals surface area contributed by atoms with Gasteiger partial charge < -0.3 is 9.88 Å². The van der Waals surface area contributed by atoms with Crippen LogP contribution in [-0.2, 0) is 27.8 Å². The lowest BCUT2D eigenvalue weighted by molar-refractivity contribution is -0.116. The van der Waals surface area contributed by atoms with Crippen LogP contribution in [0.4, 0.5) is 5.69 Å². The van der Waals surface area contributed by atoms with Gasteiger partial charge in [-0.15, -0.1) is 0 Å². The zero-order chi connectivity index (χ0) is 24.2. The summed E-state index contributed by atoms with van der Waals surface area (Å²) in [7, 11) is -3.56. The molecule has 2 aromatic carbocycles. The molecule has 0 atom stereocenters.